The molecule has 0 aliphatic rings. The minimum absolute atomic E-state index is 0.546. The molecule has 0 radical (unpaired) electrons. The Labute approximate surface area is 123 Å². The maximum atomic E-state index is 4.55. The largest absolute Gasteiger partial charge is 0.352 e. The Hall–Kier alpha value is -1.23. The molecule has 0 fully saturated rings. The highest BCUT2D eigenvalue weighted by molar-refractivity contribution is 5.25. The topological polar surface area (TPSA) is 53.9 Å². The van der Waals surface area contributed by atoms with Gasteiger partial charge in [0.1, 0.15) is 0 Å². The number of nitrogens with one attached hydrogen (secondary N) is 1. The molecule has 0 aromatic carbocycles. The summed E-state index contributed by atoms with van der Waals surface area (Å²) in [6.45, 7) is 14.9. The summed E-state index contributed by atoms with van der Waals surface area (Å²) in [6, 6.07) is 1.09. The lowest BCUT2D eigenvalue weighted by atomic mass is 10.2. The van der Waals surface area contributed by atoms with Gasteiger partial charge in [-0.1, -0.05) is 13.8 Å². The summed E-state index contributed by atoms with van der Waals surface area (Å²) in [5.41, 5.74) is 2.05. The summed E-state index contributed by atoms with van der Waals surface area (Å²) in [4.78, 5) is 6.99. The summed E-state index contributed by atoms with van der Waals surface area (Å²) in [7, 11) is 0. The normalized spacial score (nSPS) is 11.7. The molecule has 0 atom stereocenters. The first kappa shape index (κ1) is 16.8. The van der Waals surface area contributed by atoms with Crippen molar-refractivity contribution in [3.8, 4) is 0 Å². The third-order valence-electron chi connectivity index (χ3n) is 3.49. The van der Waals surface area contributed by atoms with E-state index in [4.69, 9.17) is 0 Å². The molecule has 0 aliphatic carbocycles. The van der Waals surface area contributed by atoms with Gasteiger partial charge in [-0.3, -0.25) is 4.90 Å². The molecular weight excluding hydrogens is 250 g/mol. The molecule has 0 spiro atoms. The average molecular weight is 279 g/mol. The molecular formula is C15H29N5. The average Bonchev–Trinajstić information content (AvgIpc) is 2.42. The molecule has 0 saturated heterocycles. The number of aromatic nitrogens is 3. The van der Waals surface area contributed by atoms with Gasteiger partial charge >= 0.3 is 0 Å². The molecule has 0 unspecified atom stereocenters. The van der Waals surface area contributed by atoms with Crippen molar-refractivity contribution in [2.45, 2.75) is 66.5 Å². The van der Waals surface area contributed by atoms with Crippen molar-refractivity contribution in [1.29, 1.82) is 0 Å². The molecule has 0 amide bonds. The SMILES string of the molecule is CCc1nnc(NCCN(C(C)C)C(C)C)nc1CC. The Balaban J connectivity index is 2.57. The summed E-state index contributed by atoms with van der Waals surface area (Å²) < 4.78 is 0. The second kappa shape index (κ2) is 8.15. The van der Waals surface area contributed by atoms with Gasteiger partial charge in [0.15, 0.2) is 0 Å². The molecule has 1 aromatic rings. The van der Waals surface area contributed by atoms with Gasteiger partial charge in [-0.2, -0.15) is 5.10 Å². The highest BCUT2D eigenvalue weighted by atomic mass is 15.3. The zero-order valence-electron chi connectivity index (χ0n) is 13.8. The van der Waals surface area contributed by atoms with Crippen molar-refractivity contribution in [2.75, 3.05) is 18.4 Å². The first-order valence-electron chi connectivity index (χ1n) is 7.71. The number of aryl methyl sites for hydroxylation is 2. The summed E-state index contributed by atoms with van der Waals surface area (Å²) in [5.74, 6) is 0.645. The van der Waals surface area contributed by atoms with Crippen molar-refractivity contribution < 1.29 is 0 Å². The second-order valence-corrected chi connectivity index (χ2v) is 5.59. The van der Waals surface area contributed by atoms with Crippen LogP contribution in [-0.2, 0) is 12.8 Å². The van der Waals surface area contributed by atoms with Crippen LogP contribution in [0.3, 0.4) is 0 Å². The highest BCUT2D eigenvalue weighted by Crippen LogP contribution is 2.07. The molecule has 5 heteroatoms. The Morgan fingerprint density at radius 1 is 0.950 bits per heavy atom. The van der Waals surface area contributed by atoms with Crippen molar-refractivity contribution in [1.82, 2.24) is 20.1 Å². The van der Waals surface area contributed by atoms with E-state index >= 15 is 0 Å². The van der Waals surface area contributed by atoms with Crippen molar-refractivity contribution in [3.63, 3.8) is 0 Å². The Morgan fingerprint density at radius 3 is 2.05 bits per heavy atom. The van der Waals surface area contributed by atoms with Crippen LogP contribution in [0.25, 0.3) is 0 Å². The molecule has 1 aromatic heterocycles. The fraction of sp³-hybridized carbons (Fsp3) is 0.800. The van der Waals surface area contributed by atoms with E-state index < -0.39 is 0 Å². The molecule has 114 valence electrons. The number of nitrogens with zero attached hydrogens (tertiary/aromatic N) is 4. The Kier molecular flexibility index (Phi) is 6.85. The molecule has 1 N–H and O–H groups in total. The van der Waals surface area contributed by atoms with E-state index in [9.17, 15) is 0 Å². The van der Waals surface area contributed by atoms with E-state index in [0.717, 1.165) is 37.3 Å². The molecule has 1 heterocycles. The third-order valence-corrected chi connectivity index (χ3v) is 3.49. The summed E-state index contributed by atoms with van der Waals surface area (Å²) in [5, 5.41) is 11.7. The molecule has 0 aliphatic heterocycles. The van der Waals surface area contributed by atoms with Gasteiger partial charge in [-0.15, -0.1) is 5.10 Å². The van der Waals surface area contributed by atoms with Gasteiger partial charge in [0.05, 0.1) is 11.4 Å². The van der Waals surface area contributed by atoms with Crippen LogP contribution in [0.2, 0.25) is 0 Å². The molecule has 5 nitrogen and oxygen atoms in total. The van der Waals surface area contributed by atoms with Gasteiger partial charge < -0.3 is 5.32 Å². The van der Waals surface area contributed by atoms with Gasteiger partial charge in [0.2, 0.25) is 5.95 Å². The lowest BCUT2D eigenvalue weighted by Gasteiger charge is -2.30. The first-order chi connectivity index (χ1) is 9.49. The number of anilines is 1. The van der Waals surface area contributed by atoms with Crippen molar-refractivity contribution >= 4 is 5.95 Å². The summed E-state index contributed by atoms with van der Waals surface area (Å²) in [6.07, 6.45) is 1.79. The van der Waals surface area contributed by atoms with Gasteiger partial charge in [-0.05, 0) is 40.5 Å². The smallest absolute Gasteiger partial charge is 0.243 e. The van der Waals surface area contributed by atoms with Crippen molar-refractivity contribution in [3.05, 3.63) is 11.4 Å². The van der Waals surface area contributed by atoms with Crippen LogP contribution in [-0.4, -0.2) is 45.3 Å². The minimum Gasteiger partial charge on any atom is -0.352 e. The first-order valence-corrected chi connectivity index (χ1v) is 7.71. The summed E-state index contributed by atoms with van der Waals surface area (Å²) >= 11 is 0. The Bertz CT molecular complexity index is 395. The number of hydrogen-bond donors (Lipinski definition) is 1. The second-order valence-electron chi connectivity index (χ2n) is 5.59. The van der Waals surface area contributed by atoms with Crippen LogP contribution in [0.5, 0.6) is 0 Å². The van der Waals surface area contributed by atoms with E-state index in [1.807, 2.05) is 0 Å². The molecule has 0 saturated carbocycles. The standard InChI is InChI=1S/C15H29N5/c1-7-13-14(8-2)18-19-15(17-13)16-9-10-20(11(3)4)12(5)6/h11-12H,7-10H2,1-6H3,(H,16,17,19). The molecule has 20 heavy (non-hydrogen) atoms. The maximum Gasteiger partial charge on any atom is 0.243 e. The predicted molar refractivity (Wildman–Crippen MR) is 84.1 cm³/mol. The Morgan fingerprint density at radius 2 is 1.55 bits per heavy atom. The molecule has 1 rings (SSSR count). The third kappa shape index (κ3) is 4.71. The van der Waals surface area contributed by atoms with E-state index in [2.05, 4.69) is 66.9 Å². The van der Waals surface area contributed by atoms with Gasteiger partial charge in [0.25, 0.3) is 0 Å². The van der Waals surface area contributed by atoms with Crippen LogP contribution in [0.15, 0.2) is 0 Å². The fourth-order valence-corrected chi connectivity index (χ4v) is 2.42. The van der Waals surface area contributed by atoms with Crippen molar-refractivity contribution in [2.24, 2.45) is 0 Å². The monoisotopic (exact) mass is 279 g/mol. The molecule has 0 bridgehead atoms. The predicted octanol–water partition coefficient (Wildman–Crippen LogP) is 2.53. The maximum absolute atomic E-state index is 4.55. The minimum atomic E-state index is 0.546. The van der Waals surface area contributed by atoms with Crippen LogP contribution < -0.4 is 5.32 Å². The van der Waals surface area contributed by atoms with Crippen LogP contribution in [0.4, 0.5) is 5.95 Å². The quantitative estimate of drug-likeness (QED) is 0.792. The van der Waals surface area contributed by atoms with E-state index in [1.165, 1.54) is 0 Å². The van der Waals surface area contributed by atoms with E-state index in [0.29, 0.717) is 18.0 Å². The van der Waals surface area contributed by atoms with Crippen LogP contribution in [0.1, 0.15) is 52.9 Å². The number of rotatable bonds is 8. The fourth-order valence-electron chi connectivity index (χ4n) is 2.42. The van der Waals surface area contributed by atoms with Crippen LogP contribution >= 0.6 is 0 Å². The lowest BCUT2D eigenvalue weighted by Crippen LogP contribution is -2.40. The van der Waals surface area contributed by atoms with E-state index in [-0.39, 0.29) is 0 Å². The number of hydrogen-bond acceptors (Lipinski definition) is 5. The highest BCUT2D eigenvalue weighted by Gasteiger charge is 2.13. The van der Waals surface area contributed by atoms with Gasteiger partial charge in [-0.25, -0.2) is 4.98 Å². The zero-order valence-corrected chi connectivity index (χ0v) is 13.8. The zero-order chi connectivity index (χ0) is 15.1. The van der Waals surface area contributed by atoms with Gasteiger partial charge in [0, 0.05) is 25.2 Å². The lowest BCUT2D eigenvalue weighted by molar-refractivity contribution is 0.182. The van der Waals surface area contributed by atoms with E-state index in [1.54, 1.807) is 0 Å². The van der Waals surface area contributed by atoms with Crippen LogP contribution in [0, 0.1) is 0 Å².